The third-order valence-corrected chi connectivity index (χ3v) is 5.86. The lowest BCUT2D eigenvalue weighted by atomic mass is 10.3. The molecule has 3 rings (SSSR count). The van der Waals surface area contributed by atoms with Gasteiger partial charge in [-0.2, -0.15) is 5.26 Å². The number of nitrogens with zero attached hydrogens (tertiary/aromatic N) is 3. The van der Waals surface area contributed by atoms with Gasteiger partial charge in [-0.15, -0.1) is 0 Å². The van der Waals surface area contributed by atoms with E-state index in [2.05, 4.69) is 4.98 Å². The van der Waals surface area contributed by atoms with Crippen molar-refractivity contribution < 1.29 is 8.42 Å². The van der Waals surface area contributed by atoms with Crippen LogP contribution >= 0.6 is 22.6 Å². The topological polar surface area (TPSA) is 75.8 Å². The summed E-state index contributed by atoms with van der Waals surface area (Å²) in [6.07, 6.45) is 1.50. The molecule has 0 unspecified atom stereocenters. The Labute approximate surface area is 135 Å². The lowest BCUT2D eigenvalue weighted by Gasteiger charge is -2.09. The molecule has 7 heteroatoms. The van der Waals surface area contributed by atoms with Crippen LogP contribution in [0.3, 0.4) is 0 Å². The molecule has 0 aliphatic rings. The van der Waals surface area contributed by atoms with Crippen molar-refractivity contribution in [1.29, 1.82) is 5.26 Å². The molecule has 0 bridgehead atoms. The molecule has 3 aromatic rings. The molecule has 21 heavy (non-hydrogen) atoms. The molecular formula is C14H8IN3O2S. The summed E-state index contributed by atoms with van der Waals surface area (Å²) in [6.45, 7) is 0. The summed E-state index contributed by atoms with van der Waals surface area (Å²) < 4.78 is 27.3. The maximum Gasteiger partial charge on any atom is 0.269 e. The molecular weight excluding hydrogens is 401 g/mol. The molecule has 2 heterocycles. The van der Waals surface area contributed by atoms with E-state index >= 15 is 0 Å². The predicted octanol–water partition coefficient (Wildman–Crippen LogP) is 2.75. The van der Waals surface area contributed by atoms with E-state index in [0.717, 1.165) is 0 Å². The summed E-state index contributed by atoms with van der Waals surface area (Å²) in [4.78, 5) is 4.13. The van der Waals surface area contributed by atoms with Crippen molar-refractivity contribution in [2.45, 2.75) is 4.90 Å². The molecule has 0 saturated carbocycles. The van der Waals surface area contributed by atoms with E-state index < -0.39 is 10.0 Å². The van der Waals surface area contributed by atoms with Gasteiger partial charge in [0.1, 0.15) is 11.6 Å². The Morgan fingerprint density at radius 3 is 2.57 bits per heavy atom. The van der Waals surface area contributed by atoms with Crippen molar-refractivity contribution >= 4 is 43.5 Å². The van der Waals surface area contributed by atoms with Crippen molar-refractivity contribution in [3.8, 4) is 6.07 Å². The molecule has 2 aromatic heterocycles. The molecule has 0 atom stereocenters. The number of hydrogen-bond donors (Lipinski definition) is 0. The van der Waals surface area contributed by atoms with Gasteiger partial charge in [0.25, 0.3) is 10.0 Å². The van der Waals surface area contributed by atoms with Crippen LogP contribution in [0.5, 0.6) is 0 Å². The van der Waals surface area contributed by atoms with E-state index in [1.54, 1.807) is 30.3 Å². The van der Waals surface area contributed by atoms with Gasteiger partial charge in [-0.25, -0.2) is 17.4 Å². The van der Waals surface area contributed by atoms with E-state index in [9.17, 15) is 13.7 Å². The number of benzene rings is 1. The number of pyridine rings is 1. The van der Waals surface area contributed by atoms with Crippen LogP contribution in [0.25, 0.3) is 10.9 Å². The van der Waals surface area contributed by atoms with Crippen LogP contribution in [-0.2, 0) is 10.0 Å². The maximum absolute atomic E-state index is 12.8. The van der Waals surface area contributed by atoms with Crippen LogP contribution in [0.2, 0.25) is 0 Å². The molecule has 0 spiro atoms. The van der Waals surface area contributed by atoms with E-state index in [1.165, 1.54) is 22.3 Å². The smallest absolute Gasteiger partial charge is 0.243 e. The minimum absolute atomic E-state index is 0.0925. The third kappa shape index (κ3) is 2.20. The van der Waals surface area contributed by atoms with Crippen molar-refractivity contribution in [1.82, 2.24) is 8.96 Å². The van der Waals surface area contributed by atoms with Crippen LogP contribution in [-0.4, -0.2) is 17.4 Å². The Bertz CT molecular complexity index is 973. The minimum atomic E-state index is -3.77. The first-order valence-electron chi connectivity index (χ1n) is 5.92. The molecule has 5 nitrogen and oxygen atoms in total. The number of hydrogen-bond acceptors (Lipinski definition) is 4. The second kappa shape index (κ2) is 5.13. The van der Waals surface area contributed by atoms with Crippen molar-refractivity contribution in [2.24, 2.45) is 0 Å². The van der Waals surface area contributed by atoms with Gasteiger partial charge in [0.15, 0.2) is 5.69 Å². The molecule has 104 valence electrons. The first kappa shape index (κ1) is 14.0. The average molecular weight is 409 g/mol. The van der Waals surface area contributed by atoms with E-state index in [4.69, 9.17) is 0 Å². The third-order valence-electron chi connectivity index (χ3n) is 3.01. The first-order chi connectivity index (χ1) is 10.1. The zero-order valence-corrected chi connectivity index (χ0v) is 13.5. The first-order valence-corrected chi connectivity index (χ1v) is 8.44. The van der Waals surface area contributed by atoms with Gasteiger partial charge in [-0.3, -0.25) is 0 Å². The minimum Gasteiger partial charge on any atom is -0.243 e. The van der Waals surface area contributed by atoms with Gasteiger partial charge in [-0.1, -0.05) is 18.2 Å². The quantitative estimate of drug-likeness (QED) is 0.610. The fourth-order valence-corrected chi connectivity index (χ4v) is 4.89. The number of fused-ring (bicyclic) bond motifs is 1. The van der Waals surface area contributed by atoms with E-state index in [-0.39, 0.29) is 10.6 Å². The molecule has 0 aliphatic carbocycles. The molecule has 0 saturated heterocycles. The highest BCUT2D eigenvalue weighted by Gasteiger charge is 2.24. The summed E-state index contributed by atoms with van der Waals surface area (Å²) in [5.74, 6) is 0. The van der Waals surface area contributed by atoms with Crippen molar-refractivity contribution in [3.63, 3.8) is 0 Å². The normalized spacial score (nSPS) is 11.4. The summed E-state index contributed by atoms with van der Waals surface area (Å²) >= 11 is 1.95. The Kier molecular flexibility index (Phi) is 3.43. The summed E-state index contributed by atoms with van der Waals surface area (Å²) in [7, 11) is -3.77. The number of nitriles is 1. The lowest BCUT2D eigenvalue weighted by molar-refractivity contribution is 0.588. The molecule has 0 N–H and O–H groups in total. The summed E-state index contributed by atoms with van der Waals surface area (Å²) in [5, 5.41) is 9.85. The molecule has 0 aliphatic heterocycles. The van der Waals surface area contributed by atoms with Crippen LogP contribution in [0.1, 0.15) is 5.69 Å². The second-order valence-electron chi connectivity index (χ2n) is 4.26. The van der Waals surface area contributed by atoms with Gasteiger partial charge >= 0.3 is 0 Å². The van der Waals surface area contributed by atoms with Gasteiger partial charge in [0, 0.05) is 11.6 Å². The summed E-state index contributed by atoms with van der Waals surface area (Å²) in [5.41, 5.74) is 0.406. The van der Waals surface area contributed by atoms with Gasteiger partial charge in [-0.05, 0) is 46.9 Å². The SMILES string of the molecule is N#Cc1nccc2cc(I)n(S(=O)(=O)c3ccccc3)c12. The van der Waals surface area contributed by atoms with Crippen LogP contribution in [0, 0.1) is 15.0 Å². The monoisotopic (exact) mass is 409 g/mol. The second-order valence-corrected chi connectivity index (χ2v) is 7.15. The van der Waals surface area contributed by atoms with Gasteiger partial charge < -0.3 is 0 Å². The Morgan fingerprint density at radius 1 is 1.19 bits per heavy atom. The Hall–Kier alpha value is -1.92. The van der Waals surface area contributed by atoms with Crippen molar-refractivity contribution in [2.75, 3.05) is 0 Å². The van der Waals surface area contributed by atoms with Crippen LogP contribution in [0.15, 0.2) is 53.6 Å². The molecule has 0 radical (unpaired) electrons. The fourth-order valence-electron chi connectivity index (χ4n) is 2.11. The number of aromatic nitrogens is 2. The highest BCUT2D eigenvalue weighted by molar-refractivity contribution is 14.1. The Morgan fingerprint density at radius 2 is 1.90 bits per heavy atom. The number of halogens is 1. The zero-order valence-electron chi connectivity index (χ0n) is 10.6. The number of rotatable bonds is 2. The van der Waals surface area contributed by atoms with Crippen molar-refractivity contribution in [3.05, 3.63) is 58.1 Å². The van der Waals surface area contributed by atoms with Crippen LogP contribution < -0.4 is 0 Å². The standard InChI is InChI=1S/C14H8IN3O2S/c15-13-8-10-6-7-17-12(9-16)14(10)18(13)21(19,20)11-4-2-1-3-5-11/h1-8H. The van der Waals surface area contributed by atoms with E-state index in [0.29, 0.717) is 14.6 Å². The predicted molar refractivity (Wildman–Crippen MR) is 86.2 cm³/mol. The zero-order chi connectivity index (χ0) is 15.0. The summed E-state index contributed by atoms with van der Waals surface area (Å²) in [6, 6.07) is 13.5. The van der Waals surface area contributed by atoms with Gasteiger partial charge in [0.2, 0.25) is 0 Å². The molecule has 0 amide bonds. The van der Waals surface area contributed by atoms with Gasteiger partial charge in [0.05, 0.1) is 8.60 Å². The fraction of sp³-hybridized carbons (Fsp3) is 0. The van der Waals surface area contributed by atoms with E-state index in [1.807, 2.05) is 28.7 Å². The average Bonchev–Trinajstić information content (AvgIpc) is 2.84. The maximum atomic E-state index is 12.8. The highest BCUT2D eigenvalue weighted by Crippen LogP contribution is 2.27. The Balaban J connectivity index is 2.41. The van der Waals surface area contributed by atoms with Crippen LogP contribution in [0.4, 0.5) is 0 Å². The lowest BCUT2D eigenvalue weighted by Crippen LogP contribution is -2.15. The molecule has 1 aromatic carbocycles. The largest absolute Gasteiger partial charge is 0.269 e. The highest BCUT2D eigenvalue weighted by atomic mass is 127. The molecule has 0 fully saturated rings.